The Morgan fingerprint density at radius 2 is 0.635 bits per heavy atom. The highest BCUT2D eigenvalue weighted by Gasteiger charge is 2.52. The lowest BCUT2D eigenvalue weighted by molar-refractivity contribution is -0.359. The van der Waals surface area contributed by atoms with Gasteiger partial charge in [0.25, 0.3) is 0 Å². The third-order valence-electron chi connectivity index (χ3n) is 9.52. The van der Waals surface area contributed by atoms with Crippen molar-refractivity contribution in [3.8, 4) is 0 Å². The standard InChI is InChI=1S/C30H54O22/c31-7-11-15(35)17(37)21(41)29(47-11)51-25-13(9-33)49-27(23(43)19(25)39)45-5-3-1-2-4-6-46-28-24(44)20(40)26(14(10-34)50-28)52-30-22(42)18(38)16(36)12(8-32)48-30/h11-44H,1-10H2/t11-,12-,13-,14-,15+,16+,17+,18+,19-,20-,21-,22-,23-,24-,25-,26-,27-,28-,29+,30+/m1/s1. The number of aliphatic hydroxyl groups is 14. The summed E-state index contributed by atoms with van der Waals surface area (Å²) in [6.45, 7) is -2.70. The molecule has 0 aromatic heterocycles. The van der Waals surface area contributed by atoms with Gasteiger partial charge in [0, 0.05) is 13.2 Å². The van der Waals surface area contributed by atoms with Crippen molar-refractivity contribution in [3.63, 3.8) is 0 Å². The number of hydrogen-bond acceptors (Lipinski definition) is 22. The van der Waals surface area contributed by atoms with Crippen molar-refractivity contribution < 1.29 is 109 Å². The quantitative estimate of drug-likeness (QED) is 0.0611. The Hall–Kier alpha value is -0.880. The second-order valence-corrected chi connectivity index (χ2v) is 13.2. The molecule has 0 spiro atoms. The molecule has 0 aliphatic carbocycles. The fourth-order valence-corrected chi connectivity index (χ4v) is 6.34. The molecule has 306 valence electrons. The molecule has 4 fully saturated rings. The van der Waals surface area contributed by atoms with E-state index >= 15 is 0 Å². The minimum absolute atomic E-state index is 0.0658. The maximum absolute atomic E-state index is 10.7. The van der Waals surface area contributed by atoms with Crippen LogP contribution < -0.4 is 0 Å². The maximum Gasteiger partial charge on any atom is 0.187 e. The topological polar surface area (TPSA) is 357 Å². The first-order valence-electron chi connectivity index (χ1n) is 17.2. The maximum atomic E-state index is 10.7. The summed E-state index contributed by atoms with van der Waals surface area (Å²) in [5, 5.41) is 141. The van der Waals surface area contributed by atoms with Gasteiger partial charge in [-0.05, 0) is 12.8 Å². The van der Waals surface area contributed by atoms with Crippen LogP contribution in [0.2, 0.25) is 0 Å². The normalized spacial score (nSPS) is 47.4. The van der Waals surface area contributed by atoms with Gasteiger partial charge in [0.05, 0.1) is 26.4 Å². The van der Waals surface area contributed by atoms with Gasteiger partial charge in [-0.3, -0.25) is 0 Å². The van der Waals surface area contributed by atoms with Crippen molar-refractivity contribution in [1.29, 1.82) is 0 Å². The molecule has 22 nitrogen and oxygen atoms in total. The molecule has 0 aromatic carbocycles. The largest absolute Gasteiger partial charge is 0.394 e. The minimum Gasteiger partial charge on any atom is -0.394 e. The highest BCUT2D eigenvalue weighted by Crippen LogP contribution is 2.31. The zero-order chi connectivity index (χ0) is 38.3. The second-order valence-electron chi connectivity index (χ2n) is 13.2. The molecule has 0 aromatic rings. The van der Waals surface area contributed by atoms with Gasteiger partial charge in [0.15, 0.2) is 25.2 Å². The molecule has 22 heteroatoms. The van der Waals surface area contributed by atoms with E-state index < -0.39 is 149 Å². The Balaban J connectivity index is 1.15. The van der Waals surface area contributed by atoms with Crippen LogP contribution in [0.5, 0.6) is 0 Å². The lowest BCUT2D eigenvalue weighted by atomic mass is 9.97. The zero-order valence-corrected chi connectivity index (χ0v) is 28.1. The molecular weight excluding hydrogens is 712 g/mol. The Morgan fingerprint density at radius 3 is 0.962 bits per heavy atom. The van der Waals surface area contributed by atoms with Crippen LogP contribution >= 0.6 is 0 Å². The molecular formula is C30H54O22. The van der Waals surface area contributed by atoms with Crippen LogP contribution in [0.15, 0.2) is 0 Å². The van der Waals surface area contributed by atoms with Crippen molar-refractivity contribution in [2.24, 2.45) is 0 Å². The van der Waals surface area contributed by atoms with Crippen molar-refractivity contribution in [2.75, 3.05) is 39.6 Å². The van der Waals surface area contributed by atoms with Gasteiger partial charge >= 0.3 is 0 Å². The molecule has 4 aliphatic heterocycles. The third kappa shape index (κ3) is 10.1. The Bertz CT molecular complexity index is 946. The highest BCUT2D eigenvalue weighted by molar-refractivity contribution is 4.95. The summed E-state index contributed by atoms with van der Waals surface area (Å²) in [6.07, 6.45) is -29.0. The SMILES string of the molecule is OC[C@H]1O[C@@H](O[C@H]2[C@H](O)[C@@H](O)[C@H](OCCCCCCO[C@@H]3O[C@H](CO)[C@@H](O[C@@H]4O[C@H](CO)[C@H](O)[C@H](O)[C@H]4O)[C@H](O)[C@H]3O)O[C@@H]2CO)[C@H](O)[C@@H](O)[C@H]1O. The minimum atomic E-state index is -1.79. The molecule has 4 rings (SSSR count). The molecule has 4 heterocycles. The van der Waals surface area contributed by atoms with Crippen molar-refractivity contribution in [2.45, 2.75) is 149 Å². The Kier molecular flexibility index (Phi) is 17.1. The molecule has 0 saturated carbocycles. The summed E-state index contributed by atoms with van der Waals surface area (Å²) in [5.74, 6) is 0. The predicted octanol–water partition coefficient (Wildman–Crippen LogP) is -8.17. The van der Waals surface area contributed by atoms with Crippen molar-refractivity contribution >= 4 is 0 Å². The molecule has 0 amide bonds. The first-order chi connectivity index (χ1) is 24.8. The molecule has 0 radical (unpaired) electrons. The van der Waals surface area contributed by atoms with Gasteiger partial charge in [-0.15, -0.1) is 0 Å². The summed E-state index contributed by atoms with van der Waals surface area (Å²) in [4.78, 5) is 0. The number of hydrogen-bond donors (Lipinski definition) is 14. The predicted molar refractivity (Wildman–Crippen MR) is 163 cm³/mol. The van der Waals surface area contributed by atoms with Crippen LogP contribution in [0.4, 0.5) is 0 Å². The second kappa shape index (κ2) is 20.3. The van der Waals surface area contributed by atoms with E-state index in [1.807, 2.05) is 0 Å². The lowest BCUT2D eigenvalue weighted by Gasteiger charge is -2.46. The summed E-state index contributed by atoms with van der Waals surface area (Å²) < 4.78 is 43.9. The molecule has 14 N–H and O–H groups in total. The van der Waals surface area contributed by atoms with E-state index in [0.717, 1.165) is 0 Å². The number of unbranched alkanes of at least 4 members (excludes halogenated alkanes) is 3. The fraction of sp³-hybridized carbons (Fsp3) is 1.00. The van der Waals surface area contributed by atoms with E-state index in [0.29, 0.717) is 25.7 Å². The van der Waals surface area contributed by atoms with Crippen molar-refractivity contribution in [1.82, 2.24) is 0 Å². The van der Waals surface area contributed by atoms with Gasteiger partial charge in [-0.2, -0.15) is 0 Å². The monoisotopic (exact) mass is 766 g/mol. The summed E-state index contributed by atoms with van der Waals surface area (Å²) >= 11 is 0. The summed E-state index contributed by atoms with van der Waals surface area (Å²) in [5.41, 5.74) is 0. The van der Waals surface area contributed by atoms with Gasteiger partial charge in [0.1, 0.15) is 97.7 Å². The average molecular weight is 767 g/mol. The Labute approximate surface area is 297 Å². The smallest absolute Gasteiger partial charge is 0.187 e. The highest BCUT2D eigenvalue weighted by atomic mass is 16.8. The zero-order valence-electron chi connectivity index (χ0n) is 28.1. The Morgan fingerprint density at radius 1 is 0.327 bits per heavy atom. The van der Waals surface area contributed by atoms with Crippen LogP contribution in [0.1, 0.15) is 25.7 Å². The van der Waals surface area contributed by atoms with Crippen LogP contribution in [-0.2, 0) is 37.9 Å². The molecule has 0 bridgehead atoms. The van der Waals surface area contributed by atoms with Crippen LogP contribution in [0, 0.1) is 0 Å². The number of rotatable bonds is 17. The molecule has 0 unspecified atom stereocenters. The van der Waals surface area contributed by atoms with E-state index in [4.69, 9.17) is 37.9 Å². The van der Waals surface area contributed by atoms with Gasteiger partial charge in [0.2, 0.25) is 0 Å². The van der Waals surface area contributed by atoms with E-state index in [-0.39, 0.29) is 13.2 Å². The fourth-order valence-electron chi connectivity index (χ4n) is 6.34. The number of aliphatic hydroxyl groups excluding tert-OH is 14. The van der Waals surface area contributed by atoms with E-state index in [1.54, 1.807) is 0 Å². The van der Waals surface area contributed by atoms with Crippen LogP contribution in [-0.4, -0.2) is 234 Å². The van der Waals surface area contributed by atoms with E-state index in [2.05, 4.69) is 0 Å². The number of ether oxygens (including phenoxy) is 8. The third-order valence-corrected chi connectivity index (χ3v) is 9.52. The molecule has 4 saturated heterocycles. The van der Waals surface area contributed by atoms with Gasteiger partial charge in [-0.1, -0.05) is 12.8 Å². The lowest BCUT2D eigenvalue weighted by Crippen LogP contribution is -2.64. The van der Waals surface area contributed by atoms with Crippen LogP contribution in [0.3, 0.4) is 0 Å². The molecule has 52 heavy (non-hydrogen) atoms. The van der Waals surface area contributed by atoms with Crippen LogP contribution in [0.25, 0.3) is 0 Å². The average Bonchev–Trinajstić information content (AvgIpc) is 3.14. The van der Waals surface area contributed by atoms with Crippen molar-refractivity contribution in [3.05, 3.63) is 0 Å². The van der Waals surface area contributed by atoms with Gasteiger partial charge in [-0.25, -0.2) is 0 Å². The van der Waals surface area contributed by atoms with Gasteiger partial charge < -0.3 is 109 Å². The first-order valence-corrected chi connectivity index (χ1v) is 17.2. The molecule has 20 atom stereocenters. The summed E-state index contributed by atoms with van der Waals surface area (Å²) in [6, 6.07) is 0. The molecule has 4 aliphatic rings. The van der Waals surface area contributed by atoms with E-state index in [9.17, 15) is 71.5 Å². The first kappa shape index (κ1) is 43.8. The van der Waals surface area contributed by atoms with E-state index in [1.165, 1.54) is 0 Å². The summed E-state index contributed by atoms with van der Waals surface area (Å²) in [7, 11) is 0.